The van der Waals surface area contributed by atoms with Crippen LogP contribution in [0, 0.1) is 11.5 Å². The van der Waals surface area contributed by atoms with Gasteiger partial charge in [-0.2, -0.15) is 10.2 Å². The van der Waals surface area contributed by atoms with Crippen molar-refractivity contribution < 1.29 is 14.6 Å². The summed E-state index contributed by atoms with van der Waals surface area (Å²) >= 11 is 0. The molecule has 0 saturated carbocycles. The fourth-order valence-corrected chi connectivity index (χ4v) is 0.240. The van der Waals surface area contributed by atoms with Gasteiger partial charge in [0.15, 0.2) is 6.19 Å². The van der Waals surface area contributed by atoms with Gasteiger partial charge in [0, 0.05) is 0 Å². The van der Waals surface area contributed by atoms with Gasteiger partial charge in [0.05, 0.1) is 7.11 Å². The second-order valence-corrected chi connectivity index (χ2v) is 1.14. The molecule has 0 aliphatic carbocycles. The van der Waals surface area contributed by atoms with E-state index in [1.54, 1.807) is 0 Å². The number of hydrogen-bond acceptors (Lipinski definition) is 4. The van der Waals surface area contributed by atoms with Gasteiger partial charge in [0.2, 0.25) is 0 Å². The van der Waals surface area contributed by atoms with E-state index in [0.717, 1.165) is 7.11 Å². The molecule has 50 valence electrons. The van der Waals surface area contributed by atoms with E-state index in [1.165, 1.54) is 6.19 Å². The van der Waals surface area contributed by atoms with Gasteiger partial charge in [-0.25, -0.2) is 4.79 Å². The van der Waals surface area contributed by atoms with Gasteiger partial charge in [-0.3, -0.25) is 0 Å². The maximum absolute atomic E-state index is 10.3. The Balaban J connectivity index is 3.84. The van der Waals surface area contributed by atoms with Crippen molar-refractivity contribution in [3.63, 3.8) is 0 Å². The van der Waals surface area contributed by atoms with Crippen molar-refractivity contribution in [2.45, 2.75) is 0 Å². The molecule has 9 heavy (non-hydrogen) atoms. The number of aliphatic hydroxyl groups is 1. The molecule has 0 aromatic rings. The third-order valence-electron chi connectivity index (χ3n) is 0.657. The molecule has 0 spiro atoms. The number of hydrogen-bond donors (Lipinski definition) is 1. The molecule has 5 heteroatoms. The number of carbonyl (C=O) groups excluding carboxylic acids is 1. The molecule has 0 aromatic carbocycles. The summed E-state index contributed by atoms with van der Waals surface area (Å²) in [7, 11) is 1.13. The molecule has 0 atom stereocenters. The first-order chi connectivity index (χ1) is 4.26. The van der Waals surface area contributed by atoms with E-state index in [9.17, 15) is 4.79 Å². The molecule has 0 bridgehead atoms. The lowest BCUT2D eigenvalue weighted by molar-refractivity contribution is 0.104. The smallest absolute Gasteiger partial charge is 0.424 e. The highest BCUT2D eigenvalue weighted by atomic mass is 16.5. The number of nitriles is 1. The third-order valence-corrected chi connectivity index (χ3v) is 0.657. The summed E-state index contributed by atoms with van der Waals surface area (Å²) in [5.74, 6) is 0. The topological polar surface area (TPSA) is 73.6 Å². The van der Waals surface area contributed by atoms with Crippen LogP contribution in [0.2, 0.25) is 0 Å². The van der Waals surface area contributed by atoms with Crippen molar-refractivity contribution in [3.05, 3.63) is 0 Å². The van der Waals surface area contributed by atoms with Gasteiger partial charge in [0.1, 0.15) is 6.73 Å². The standard InChI is InChI=1S/C4H6N2O3/c1-9-4(8)6(2-5)3-7/h7H,3H2,1H3. The van der Waals surface area contributed by atoms with Crippen LogP contribution in [-0.2, 0) is 4.74 Å². The Labute approximate surface area is 52.1 Å². The lowest BCUT2D eigenvalue weighted by atomic mass is 10.8. The van der Waals surface area contributed by atoms with Gasteiger partial charge in [-0.1, -0.05) is 0 Å². The van der Waals surface area contributed by atoms with Crippen molar-refractivity contribution in [3.8, 4) is 6.19 Å². The Kier molecular flexibility index (Phi) is 3.16. The van der Waals surface area contributed by atoms with E-state index in [2.05, 4.69) is 4.74 Å². The predicted molar refractivity (Wildman–Crippen MR) is 26.9 cm³/mol. The minimum atomic E-state index is -0.861. The largest absolute Gasteiger partial charge is 0.452 e. The number of aliphatic hydroxyl groups excluding tert-OH is 1. The first kappa shape index (κ1) is 7.72. The second kappa shape index (κ2) is 3.69. The molecule has 5 nitrogen and oxygen atoms in total. The molecule has 0 unspecified atom stereocenters. The Morgan fingerprint density at radius 1 is 2.00 bits per heavy atom. The molecule has 0 heterocycles. The van der Waals surface area contributed by atoms with Crippen molar-refractivity contribution in [1.82, 2.24) is 4.90 Å². The lowest BCUT2D eigenvalue weighted by Crippen LogP contribution is -2.26. The maximum atomic E-state index is 10.3. The minimum Gasteiger partial charge on any atom is -0.452 e. The zero-order chi connectivity index (χ0) is 7.28. The third kappa shape index (κ3) is 1.97. The number of rotatable bonds is 1. The molecule has 0 aliphatic rings. The van der Waals surface area contributed by atoms with Crippen LogP contribution in [-0.4, -0.2) is 29.9 Å². The van der Waals surface area contributed by atoms with Gasteiger partial charge in [0.25, 0.3) is 0 Å². The SMILES string of the molecule is COC(=O)N(C#N)CO. The average Bonchev–Trinajstić information content (AvgIpc) is 1.90. The summed E-state index contributed by atoms with van der Waals surface area (Å²) in [6.07, 6.45) is 0.550. The zero-order valence-corrected chi connectivity index (χ0v) is 4.87. The monoisotopic (exact) mass is 130 g/mol. The zero-order valence-electron chi connectivity index (χ0n) is 4.87. The number of methoxy groups -OCH3 is 1. The van der Waals surface area contributed by atoms with Crippen molar-refractivity contribution >= 4 is 6.09 Å². The van der Waals surface area contributed by atoms with Crippen LogP contribution in [0.25, 0.3) is 0 Å². The first-order valence-corrected chi connectivity index (χ1v) is 2.12. The molecule has 0 saturated heterocycles. The van der Waals surface area contributed by atoms with Gasteiger partial charge in [-0.05, 0) is 0 Å². The van der Waals surface area contributed by atoms with Crippen LogP contribution in [0.4, 0.5) is 4.79 Å². The van der Waals surface area contributed by atoms with Gasteiger partial charge in [-0.15, -0.1) is 0 Å². The molecular formula is C4H6N2O3. The highest BCUT2D eigenvalue weighted by Crippen LogP contribution is 1.85. The van der Waals surface area contributed by atoms with E-state index >= 15 is 0 Å². The highest BCUT2D eigenvalue weighted by Gasteiger charge is 2.09. The average molecular weight is 130 g/mol. The van der Waals surface area contributed by atoms with Crippen molar-refractivity contribution in [2.24, 2.45) is 0 Å². The summed E-state index contributed by atoms with van der Waals surface area (Å²) in [5.41, 5.74) is 0. The number of nitrogens with zero attached hydrogens (tertiary/aromatic N) is 2. The van der Waals surface area contributed by atoms with Crippen molar-refractivity contribution in [2.75, 3.05) is 13.8 Å². The summed E-state index contributed by atoms with van der Waals surface area (Å²) in [5, 5.41) is 16.3. The van der Waals surface area contributed by atoms with E-state index in [1.807, 2.05) is 0 Å². The maximum Gasteiger partial charge on any atom is 0.424 e. The quantitative estimate of drug-likeness (QED) is 0.294. The van der Waals surface area contributed by atoms with Crippen molar-refractivity contribution in [1.29, 1.82) is 5.26 Å². The lowest BCUT2D eigenvalue weighted by Gasteiger charge is -2.05. The Morgan fingerprint density at radius 3 is 2.67 bits per heavy atom. The molecule has 0 aliphatic heterocycles. The summed E-state index contributed by atoms with van der Waals surface area (Å²) < 4.78 is 4.10. The van der Waals surface area contributed by atoms with E-state index in [4.69, 9.17) is 10.4 Å². The molecule has 1 amide bonds. The Hall–Kier alpha value is -1.28. The van der Waals surface area contributed by atoms with E-state index in [-0.39, 0.29) is 0 Å². The Bertz CT molecular complexity index is 139. The fraction of sp³-hybridized carbons (Fsp3) is 0.500. The molecule has 0 rings (SSSR count). The number of carbonyl (C=O) groups is 1. The number of ether oxygens (including phenoxy) is 1. The summed E-state index contributed by atoms with van der Waals surface area (Å²) in [6.45, 7) is -0.650. The van der Waals surface area contributed by atoms with Gasteiger partial charge >= 0.3 is 6.09 Å². The summed E-state index contributed by atoms with van der Waals surface area (Å²) in [4.78, 5) is 10.8. The molecule has 1 N–H and O–H groups in total. The molecule has 0 aromatic heterocycles. The normalized spacial score (nSPS) is 7.67. The second-order valence-electron chi connectivity index (χ2n) is 1.14. The molecular weight excluding hydrogens is 124 g/mol. The van der Waals surface area contributed by atoms with Crippen LogP contribution in [0.15, 0.2) is 0 Å². The van der Waals surface area contributed by atoms with Crippen LogP contribution in [0.1, 0.15) is 0 Å². The first-order valence-electron chi connectivity index (χ1n) is 2.12. The molecule has 0 fully saturated rings. The van der Waals surface area contributed by atoms with Crippen LogP contribution >= 0.6 is 0 Å². The van der Waals surface area contributed by atoms with Gasteiger partial charge < -0.3 is 9.84 Å². The number of amides is 1. The highest BCUT2D eigenvalue weighted by molar-refractivity contribution is 5.68. The Morgan fingerprint density at radius 2 is 2.56 bits per heavy atom. The van der Waals surface area contributed by atoms with Crippen LogP contribution < -0.4 is 0 Å². The summed E-state index contributed by atoms with van der Waals surface area (Å²) in [6, 6.07) is 0. The predicted octanol–water partition coefficient (Wildman–Crippen LogP) is -0.514. The van der Waals surface area contributed by atoms with E-state index < -0.39 is 12.8 Å². The molecule has 0 radical (unpaired) electrons. The minimum absolute atomic E-state index is 0.472. The van der Waals surface area contributed by atoms with E-state index in [0.29, 0.717) is 4.90 Å². The van der Waals surface area contributed by atoms with Crippen LogP contribution in [0.5, 0.6) is 0 Å². The van der Waals surface area contributed by atoms with Crippen LogP contribution in [0.3, 0.4) is 0 Å². The fourth-order valence-electron chi connectivity index (χ4n) is 0.240.